The molecule has 0 aliphatic heterocycles. The number of benzene rings is 1. The van der Waals surface area contributed by atoms with Gasteiger partial charge in [-0.1, -0.05) is 35.3 Å². The Morgan fingerprint density at radius 1 is 1.26 bits per heavy atom. The van der Waals surface area contributed by atoms with Crippen LogP contribution in [-0.2, 0) is 0 Å². The van der Waals surface area contributed by atoms with Gasteiger partial charge in [-0.2, -0.15) is 0 Å². The highest BCUT2D eigenvalue weighted by Crippen LogP contribution is 2.43. The lowest BCUT2D eigenvalue weighted by Gasteiger charge is -2.12. The first-order valence-corrected chi connectivity index (χ1v) is 8.25. The van der Waals surface area contributed by atoms with Gasteiger partial charge in [-0.05, 0) is 12.1 Å². The molecular weight excluding hydrogens is 355 g/mol. The van der Waals surface area contributed by atoms with Crippen LogP contribution in [0.25, 0.3) is 21.3 Å². The number of aromatic carboxylic acids is 1. The zero-order valence-corrected chi connectivity index (χ0v) is 14.6. The molecule has 0 spiro atoms. The van der Waals surface area contributed by atoms with E-state index in [4.69, 9.17) is 23.2 Å². The SMILES string of the molecule is CN(C)c1c(C(=O)O)sc2c(-c3cccc(Cl)c3Cl)nccc12. The number of pyridine rings is 1. The van der Waals surface area contributed by atoms with Crippen molar-refractivity contribution < 1.29 is 9.90 Å². The van der Waals surface area contributed by atoms with Crippen LogP contribution >= 0.6 is 34.5 Å². The van der Waals surface area contributed by atoms with E-state index in [1.54, 1.807) is 23.2 Å². The van der Waals surface area contributed by atoms with Gasteiger partial charge < -0.3 is 10.0 Å². The Balaban J connectivity index is 2.38. The number of rotatable bonds is 3. The van der Waals surface area contributed by atoms with E-state index >= 15 is 0 Å². The van der Waals surface area contributed by atoms with Gasteiger partial charge in [0.2, 0.25) is 0 Å². The average molecular weight is 367 g/mol. The standard InChI is InChI=1S/C16H12Cl2N2O2S/c1-20(2)13-9-6-7-19-12(14(9)23-15(13)16(21)22)8-4-3-5-10(17)11(8)18/h3-7H,1-2H3,(H,21,22). The second kappa shape index (κ2) is 6.00. The number of carbonyl (C=O) groups is 1. The monoisotopic (exact) mass is 366 g/mol. The summed E-state index contributed by atoms with van der Waals surface area (Å²) < 4.78 is 0.776. The number of halogens is 2. The smallest absolute Gasteiger partial charge is 0.348 e. The predicted molar refractivity (Wildman–Crippen MR) is 96.4 cm³/mol. The van der Waals surface area contributed by atoms with Gasteiger partial charge in [0.05, 0.1) is 26.1 Å². The van der Waals surface area contributed by atoms with Crippen molar-refractivity contribution in [1.29, 1.82) is 0 Å². The summed E-state index contributed by atoms with van der Waals surface area (Å²) in [5.74, 6) is -0.960. The summed E-state index contributed by atoms with van der Waals surface area (Å²) in [7, 11) is 3.64. The summed E-state index contributed by atoms with van der Waals surface area (Å²) in [5.41, 5.74) is 1.99. The lowest BCUT2D eigenvalue weighted by atomic mass is 10.1. The van der Waals surface area contributed by atoms with Crippen LogP contribution in [0, 0.1) is 0 Å². The normalized spacial score (nSPS) is 11.0. The predicted octanol–water partition coefficient (Wildman–Crippen LogP) is 5.03. The molecule has 0 bridgehead atoms. The van der Waals surface area contributed by atoms with Crippen LogP contribution in [0.15, 0.2) is 30.5 Å². The van der Waals surface area contributed by atoms with E-state index in [0.717, 1.165) is 10.1 Å². The number of hydrogen-bond donors (Lipinski definition) is 1. The number of carboxylic acid groups (broad SMARTS) is 1. The van der Waals surface area contributed by atoms with Gasteiger partial charge in [0, 0.05) is 31.2 Å². The first-order valence-electron chi connectivity index (χ1n) is 6.68. The minimum atomic E-state index is -0.960. The summed E-state index contributed by atoms with van der Waals surface area (Å²) in [5, 5.41) is 11.2. The maximum Gasteiger partial charge on any atom is 0.348 e. The van der Waals surface area contributed by atoms with Crippen molar-refractivity contribution >= 4 is 56.3 Å². The molecule has 118 valence electrons. The molecule has 7 heteroatoms. The van der Waals surface area contributed by atoms with Crippen LogP contribution < -0.4 is 4.90 Å². The molecule has 23 heavy (non-hydrogen) atoms. The summed E-state index contributed by atoms with van der Waals surface area (Å²) >= 11 is 13.6. The molecule has 2 heterocycles. The summed E-state index contributed by atoms with van der Waals surface area (Å²) in [6.45, 7) is 0. The molecule has 0 atom stereocenters. The molecular formula is C16H12Cl2N2O2S. The van der Waals surface area contributed by atoms with Crippen LogP contribution in [0.5, 0.6) is 0 Å². The molecule has 0 aliphatic carbocycles. The summed E-state index contributed by atoms with van der Waals surface area (Å²) in [4.78, 5) is 18.1. The number of thiophene rings is 1. The first-order chi connectivity index (χ1) is 10.9. The van der Waals surface area contributed by atoms with E-state index in [-0.39, 0.29) is 4.88 Å². The molecule has 0 radical (unpaired) electrons. The Bertz CT molecular complexity index is 922. The van der Waals surface area contributed by atoms with Crippen molar-refractivity contribution in [3.05, 3.63) is 45.4 Å². The van der Waals surface area contributed by atoms with Crippen LogP contribution in [0.4, 0.5) is 5.69 Å². The van der Waals surface area contributed by atoms with Crippen LogP contribution in [0.1, 0.15) is 9.67 Å². The fourth-order valence-electron chi connectivity index (χ4n) is 2.48. The highest BCUT2D eigenvalue weighted by Gasteiger charge is 2.22. The van der Waals surface area contributed by atoms with Crippen molar-refractivity contribution in [2.24, 2.45) is 0 Å². The Morgan fingerprint density at radius 2 is 2.00 bits per heavy atom. The van der Waals surface area contributed by atoms with Gasteiger partial charge >= 0.3 is 5.97 Å². The maximum atomic E-state index is 11.6. The number of carboxylic acids is 1. The van der Waals surface area contributed by atoms with Crippen molar-refractivity contribution in [2.45, 2.75) is 0 Å². The fourth-order valence-corrected chi connectivity index (χ4v) is 4.08. The molecule has 0 amide bonds. The van der Waals surface area contributed by atoms with Crippen molar-refractivity contribution in [3.63, 3.8) is 0 Å². The van der Waals surface area contributed by atoms with Crippen molar-refractivity contribution in [1.82, 2.24) is 4.98 Å². The Labute approximate surface area is 146 Å². The summed E-state index contributed by atoms with van der Waals surface area (Å²) in [6, 6.07) is 7.14. The highest BCUT2D eigenvalue weighted by atomic mass is 35.5. The Morgan fingerprint density at radius 3 is 2.65 bits per heavy atom. The zero-order chi connectivity index (χ0) is 16.7. The molecule has 0 fully saturated rings. The molecule has 0 saturated heterocycles. The van der Waals surface area contributed by atoms with Gasteiger partial charge in [-0.15, -0.1) is 11.3 Å². The minimum Gasteiger partial charge on any atom is -0.477 e. The van der Waals surface area contributed by atoms with E-state index in [2.05, 4.69) is 4.98 Å². The average Bonchev–Trinajstić information content (AvgIpc) is 2.90. The van der Waals surface area contributed by atoms with Gasteiger partial charge in [0.1, 0.15) is 4.88 Å². The number of aromatic nitrogens is 1. The van der Waals surface area contributed by atoms with Crippen molar-refractivity contribution in [3.8, 4) is 11.3 Å². The van der Waals surface area contributed by atoms with Crippen LogP contribution in [0.3, 0.4) is 0 Å². The third-order valence-corrected chi connectivity index (χ3v) is 5.44. The zero-order valence-electron chi connectivity index (χ0n) is 12.3. The Hall–Kier alpha value is -1.82. The number of fused-ring (bicyclic) bond motifs is 1. The third-order valence-electron chi connectivity index (χ3n) is 3.43. The molecule has 3 aromatic rings. The highest BCUT2D eigenvalue weighted by molar-refractivity contribution is 7.22. The molecule has 0 saturated carbocycles. The van der Waals surface area contributed by atoms with E-state index in [0.29, 0.717) is 27.0 Å². The third kappa shape index (κ3) is 2.65. The van der Waals surface area contributed by atoms with Gasteiger partial charge in [-0.25, -0.2) is 4.79 Å². The lowest BCUT2D eigenvalue weighted by molar-refractivity contribution is 0.0703. The molecule has 1 aromatic carbocycles. The van der Waals surface area contributed by atoms with Crippen LogP contribution in [0.2, 0.25) is 10.0 Å². The largest absolute Gasteiger partial charge is 0.477 e. The van der Waals surface area contributed by atoms with Gasteiger partial charge in [-0.3, -0.25) is 4.98 Å². The van der Waals surface area contributed by atoms with Gasteiger partial charge in [0.25, 0.3) is 0 Å². The molecule has 0 aliphatic rings. The van der Waals surface area contributed by atoms with E-state index in [9.17, 15) is 9.90 Å². The topological polar surface area (TPSA) is 53.4 Å². The second-order valence-corrected chi connectivity index (χ2v) is 6.92. The quantitative estimate of drug-likeness (QED) is 0.705. The molecule has 3 rings (SSSR count). The number of nitrogens with zero attached hydrogens (tertiary/aromatic N) is 2. The molecule has 0 unspecified atom stereocenters. The van der Waals surface area contributed by atoms with Gasteiger partial charge in [0.15, 0.2) is 0 Å². The van der Waals surface area contributed by atoms with E-state index in [1.807, 2.05) is 26.2 Å². The van der Waals surface area contributed by atoms with Crippen LogP contribution in [-0.4, -0.2) is 30.2 Å². The molecule has 4 nitrogen and oxygen atoms in total. The number of anilines is 1. The maximum absolute atomic E-state index is 11.6. The van der Waals surface area contributed by atoms with E-state index in [1.165, 1.54) is 11.3 Å². The van der Waals surface area contributed by atoms with Crippen molar-refractivity contribution in [2.75, 3.05) is 19.0 Å². The lowest BCUT2D eigenvalue weighted by Crippen LogP contribution is -2.11. The first kappa shape index (κ1) is 16.1. The Kier molecular flexibility index (Phi) is 4.19. The fraction of sp³-hybridized carbons (Fsp3) is 0.125. The molecule has 2 aromatic heterocycles. The van der Waals surface area contributed by atoms with E-state index < -0.39 is 5.97 Å². The second-order valence-electron chi connectivity index (χ2n) is 5.12. The number of hydrogen-bond acceptors (Lipinski definition) is 4. The summed E-state index contributed by atoms with van der Waals surface area (Å²) in [6.07, 6.45) is 1.65. The molecule has 1 N–H and O–H groups in total. The minimum absolute atomic E-state index is 0.275.